The zero-order valence-electron chi connectivity index (χ0n) is 12.8. The maximum Gasteiger partial charge on any atom is 0.187 e. The molecule has 0 bridgehead atoms. The largest absolute Gasteiger partial charge is 0.382 e. The van der Waals surface area contributed by atoms with Crippen LogP contribution in [0.4, 0.5) is 0 Å². The van der Waals surface area contributed by atoms with Crippen molar-refractivity contribution in [3.63, 3.8) is 0 Å². The molecule has 2 rings (SSSR count). The summed E-state index contributed by atoms with van der Waals surface area (Å²) in [7, 11) is 0. The Labute approximate surface area is 126 Å². The topological polar surface area (TPSA) is 29.1 Å². The fourth-order valence-corrected chi connectivity index (χ4v) is 2.21. The third kappa shape index (κ3) is 4.32. The highest BCUT2D eigenvalue weighted by atomic mass is 16.1. The minimum absolute atomic E-state index is 0.0280. The van der Waals surface area contributed by atoms with Gasteiger partial charge >= 0.3 is 0 Å². The average Bonchev–Trinajstić information content (AvgIpc) is 2.48. The van der Waals surface area contributed by atoms with Crippen LogP contribution in [0.1, 0.15) is 41.4 Å². The molecule has 1 N–H and O–H groups in total. The van der Waals surface area contributed by atoms with Crippen molar-refractivity contribution in [2.45, 2.75) is 26.8 Å². The van der Waals surface area contributed by atoms with Crippen molar-refractivity contribution in [1.29, 1.82) is 0 Å². The third-order valence-electron chi connectivity index (χ3n) is 3.43. The summed E-state index contributed by atoms with van der Waals surface area (Å²) in [6.07, 6.45) is 1.66. The van der Waals surface area contributed by atoms with Gasteiger partial charge in [-0.25, -0.2) is 0 Å². The Hall–Kier alpha value is -2.35. The quantitative estimate of drug-likeness (QED) is 0.648. The summed E-state index contributed by atoms with van der Waals surface area (Å²) in [5.74, 6) is 0.0280. The van der Waals surface area contributed by atoms with Crippen molar-refractivity contribution in [3.05, 3.63) is 83.1 Å². The average molecular weight is 279 g/mol. The van der Waals surface area contributed by atoms with Gasteiger partial charge in [-0.05, 0) is 26.3 Å². The first kappa shape index (κ1) is 15.0. The van der Waals surface area contributed by atoms with E-state index in [9.17, 15) is 4.79 Å². The van der Waals surface area contributed by atoms with Crippen LogP contribution in [0.3, 0.4) is 0 Å². The molecule has 0 saturated carbocycles. The van der Waals surface area contributed by atoms with Gasteiger partial charge in [-0.1, -0.05) is 60.2 Å². The summed E-state index contributed by atoms with van der Waals surface area (Å²) in [5.41, 5.74) is 3.95. The summed E-state index contributed by atoms with van der Waals surface area (Å²) in [4.78, 5) is 12.2. The number of benzene rings is 2. The van der Waals surface area contributed by atoms with Gasteiger partial charge in [0.25, 0.3) is 0 Å². The molecule has 0 amide bonds. The van der Waals surface area contributed by atoms with Crippen LogP contribution in [0.2, 0.25) is 0 Å². The molecule has 0 heterocycles. The normalized spacial score (nSPS) is 12.8. The van der Waals surface area contributed by atoms with Crippen LogP contribution in [-0.2, 0) is 0 Å². The van der Waals surface area contributed by atoms with Crippen LogP contribution >= 0.6 is 0 Å². The lowest BCUT2D eigenvalue weighted by atomic mass is 10.1. The molecule has 0 aliphatic carbocycles. The molecule has 0 saturated heterocycles. The molecule has 0 aliphatic heterocycles. The molecular formula is C19H21NO. The van der Waals surface area contributed by atoms with Crippen molar-refractivity contribution in [3.8, 4) is 0 Å². The standard InChI is InChI=1S/C19H21NO/c1-14-9-11-18(12-10-14)19(21)13-15(2)20-16(3)17-7-5-4-6-8-17/h4-13,16,20H,1-3H3/b15-13+/t16-/m0/s1. The van der Waals surface area contributed by atoms with Crippen molar-refractivity contribution >= 4 is 5.78 Å². The minimum Gasteiger partial charge on any atom is -0.382 e. The van der Waals surface area contributed by atoms with Gasteiger partial charge in [0.2, 0.25) is 0 Å². The summed E-state index contributed by atoms with van der Waals surface area (Å²) < 4.78 is 0. The van der Waals surface area contributed by atoms with Crippen LogP contribution in [-0.4, -0.2) is 5.78 Å². The van der Waals surface area contributed by atoms with E-state index in [4.69, 9.17) is 0 Å². The lowest BCUT2D eigenvalue weighted by molar-refractivity contribution is 0.104. The lowest BCUT2D eigenvalue weighted by Crippen LogP contribution is -2.17. The predicted octanol–water partition coefficient (Wildman–Crippen LogP) is 4.43. The maximum absolute atomic E-state index is 12.2. The van der Waals surface area contributed by atoms with E-state index in [1.165, 1.54) is 5.56 Å². The maximum atomic E-state index is 12.2. The van der Waals surface area contributed by atoms with Gasteiger partial charge in [0.15, 0.2) is 5.78 Å². The highest BCUT2D eigenvalue weighted by Crippen LogP contribution is 2.13. The second-order valence-corrected chi connectivity index (χ2v) is 5.33. The first-order chi connectivity index (χ1) is 10.1. The van der Waals surface area contributed by atoms with Crippen molar-refractivity contribution < 1.29 is 4.79 Å². The minimum atomic E-state index is 0.0280. The van der Waals surface area contributed by atoms with Crippen molar-refractivity contribution in [2.24, 2.45) is 0 Å². The van der Waals surface area contributed by atoms with E-state index in [-0.39, 0.29) is 11.8 Å². The monoisotopic (exact) mass is 279 g/mol. The number of ketones is 1. The van der Waals surface area contributed by atoms with Crippen molar-refractivity contribution in [2.75, 3.05) is 0 Å². The Kier molecular flexibility index (Phi) is 4.94. The first-order valence-corrected chi connectivity index (χ1v) is 7.17. The number of aryl methyl sites for hydroxylation is 1. The van der Waals surface area contributed by atoms with E-state index < -0.39 is 0 Å². The van der Waals surface area contributed by atoms with Crippen LogP contribution in [0.5, 0.6) is 0 Å². The van der Waals surface area contributed by atoms with E-state index in [2.05, 4.69) is 24.4 Å². The molecule has 0 fully saturated rings. The van der Waals surface area contributed by atoms with E-state index in [1.807, 2.05) is 56.3 Å². The molecule has 0 aromatic heterocycles. The Morgan fingerprint density at radius 1 is 1.05 bits per heavy atom. The van der Waals surface area contributed by atoms with Gasteiger partial charge in [0.1, 0.15) is 0 Å². The van der Waals surface area contributed by atoms with Gasteiger partial charge < -0.3 is 5.32 Å². The lowest BCUT2D eigenvalue weighted by Gasteiger charge is -2.15. The fraction of sp³-hybridized carbons (Fsp3) is 0.211. The van der Waals surface area contributed by atoms with Crippen LogP contribution < -0.4 is 5.32 Å². The Morgan fingerprint density at radius 3 is 2.29 bits per heavy atom. The highest BCUT2D eigenvalue weighted by Gasteiger charge is 2.06. The number of carbonyl (C=O) groups excluding carboxylic acids is 1. The summed E-state index contributed by atoms with van der Waals surface area (Å²) >= 11 is 0. The number of nitrogens with one attached hydrogen (secondary N) is 1. The summed E-state index contributed by atoms with van der Waals surface area (Å²) in [6.45, 7) is 6.02. The first-order valence-electron chi connectivity index (χ1n) is 7.17. The number of hydrogen-bond donors (Lipinski definition) is 1. The molecule has 1 atom stereocenters. The molecule has 2 aromatic carbocycles. The molecule has 0 aliphatic rings. The van der Waals surface area contributed by atoms with E-state index >= 15 is 0 Å². The van der Waals surface area contributed by atoms with E-state index in [0.717, 1.165) is 11.3 Å². The van der Waals surface area contributed by atoms with Gasteiger partial charge in [0.05, 0.1) is 0 Å². The predicted molar refractivity (Wildman–Crippen MR) is 87.3 cm³/mol. The Bertz CT molecular complexity index is 626. The van der Waals surface area contributed by atoms with Gasteiger partial charge in [-0.3, -0.25) is 4.79 Å². The molecule has 0 unspecified atom stereocenters. The Morgan fingerprint density at radius 2 is 1.67 bits per heavy atom. The molecule has 2 aromatic rings. The molecule has 21 heavy (non-hydrogen) atoms. The van der Waals surface area contributed by atoms with Crippen LogP contribution in [0, 0.1) is 6.92 Å². The molecule has 108 valence electrons. The molecule has 2 nitrogen and oxygen atoms in total. The summed E-state index contributed by atoms with van der Waals surface area (Å²) in [5, 5.41) is 3.35. The van der Waals surface area contributed by atoms with Gasteiger partial charge in [-0.15, -0.1) is 0 Å². The summed E-state index contributed by atoms with van der Waals surface area (Å²) in [6, 6.07) is 18.0. The molecule has 0 radical (unpaired) electrons. The molecule has 2 heteroatoms. The zero-order chi connectivity index (χ0) is 15.2. The Balaban J connectivity index is 2.04. The highest BCUT2D eigenvalue weighted by molar-refractivity contribution is 6.04. The number of hydrogen-bond acceptors (Lipinski definition) is 2. The van der Waals surface area contributed by atoms with Gasteiger partial charge in [-0.2, -0.15) is 0 Å². The zero-order valence-corrected chi connectivity index (χ0v) is 12.8. The van der Waals surface area contributed by atoms with E-state index in [1.54, 1.807) is 6.08 Å². The molecular weight excluding hydrogens is 258 g/mol. The number of allylic oxidation sites excluding steroid dienone is 2. The van der Waals surface area contributed by atoms with Crippen LogP contribution in [0.15, 0.2) is 66.4 Å². The second kappa shape index (κ2) is 6.89. The second-order valence-electron chi connectivity index (χ2n) is 5.33. The van der Waals surface area contributed by atoms with Gasteiger partial charge in [0, 0.05) is 23.4 Å². The van der Waals surface area contributed by atoms with Crippen molar-refractivity contribution in [1.82, 2.24) is 5.32 Å². The smallest absolute Gasteiger partial charge is 0.187 e. The SMILES string of the molecule is C/C(=C\C(=O)c1ccc(C)cc1)N[C@@H](C)c1ccccc1. The van der Waals surface area contributed by atoms with E-state index in [0.29, 0.717) is 5.56 Å². The number of rotatable bonds is 5. The third-order valence-corrected chi connectivity index (χ3v) is 3.43. The number of carbonyl (C=O) groups is 1. The molecule has 0 spiro atoms. The van der Waals surface area contributed by atoms with Crippen LogP contribution in [0.25, 0.3) is 0 Å². The fourth-order valence-electron chi connectivity index (χ4n) is 2.21.